The highest BCUT2D eigenvalue weighted by atomic mass is 35.5. The van der Waals surface area contributed by atoms with E-state index >= 15 is 0 Å². The highest BCUT2D eigenvalue weighted by Crippen LogP contribution is 2.37. The monoisotopic (exact) mass is 416 g/mol. The Balaban J connectivity index is 1.85. The van der Waals surface area contributed by atoms with Crippen molar-refractivity contribution in [1.29, 1.82) is 0 Å². The predicted molar refractivity (Wildman–Crippen MR) is 113 cm³/mol. The van der Waals surface area contributed by atoms with Crippen molar-refractivity contribution in [2.75, 3.05) is 5.32 Å². The lowest BCUT2D eigenvalue weighted by atomic mass is 10.0. The zero-order chi connectivity index (χ0) is 19.3. The molecular weight excluding hydrogens is 403 g/mol. The average Bonchev–Trinajstić information content (AvgIpc) is 3.07. The number of nitrogens with zero attached hydrogens (tertiary/aromatic N) is 1. The Bertz CT molecular complexity index is 1130. The smallest absolute Gasteiger partial charge is 0.256 e. The Labute approximate surface area is 172 Å². The molecule has 0 saturated carbocycles. The summed E-state index contributed by atoms with van der Waals surface area (Å²) in [5.74, 6) is -0.141. The van der Waals surface area contributed by atoms with Crippen LogP contribution >= 0.6 is 34.8 Å². The Morgan fingerprint density at radius 3 is 2.59 bits per heavy atom. The molecule has 1 amide bonds. The van der Waals surface area contributed by atoms with Crippen LogP contribution in [-0.4, -0.2) is 10.5 Å². The molecule has 0 aliphatic carbocycles. The number of aryl methyl sites for hydroxylation is 1. The Kier molecular flexibility index (Phi) is 4.55. The maximum Gasteiger partial charge on any atom is 0.256 e. The third kappa shape index (κ3) is 3.06. The van der Waals surface area contributed by atoms with Gasteiger partial charge in [-0.05, 0) is 55.8 Å². The third-order valence-electron chi connectivity index (χ3n) is 4.71. The Hall–Kier alpha value is -2.20. The quantitative estimate of drug-likeness (QED) is 0.471. The zero-order valence-electron chi connectivity index (χ0n) is 14.6. The van der Waals surface area contributed by atoms with Crippen molar-refractivity contribution < 1.29 is 4.79 Å². The van der Waals surface area contributed by atoms with Gasteiger partial charge in [0.15, 0.2) is 0 Å². The summed E-state index contributed by atoms with van der Waals surface area (Å²) in [5, 5.41) is 4.45. The molecule has 3 aromatic rings. The SMILES string of the molecule is Cc1cc(C=C2C(=O)Nc3cc(Cl)ccc32)c(C)n1-c1cccc(Cl)c1Cl. The van der Waals surface area contributed by atoms with Crippen molar-refractivity contribution in [3.05, 3.63) is 80.0 Å². The second-order valence-electron chi connectivity index (χ2n) is 6.44. The number of benzene rings is 2. The van der Waals surface area contributed by atoms with E-state index in [1.54, 1.807) is 18.2 Å². The molecule has 3 nitrogen and oxygen atoms in total. The number of hydrogen-bond donors (Lipinski definition) is 1. The van der Waals surface area contributed by atoms with Crippen LogP contribution in [0, 0.1) is 13.8 Å². The molecule has 1 aromatic heterocycles. The lowest BCUT2D eigenvalue weighted by molar-refractivity contribution is -0.110. The predicted octanol–water partition coefficient (Wildman–Crippen LogP) is 6.55. The third-order valence-corrected chi connectivity index (χ3v) is 5.75. The lowest BCUT2D eigenvalue weighted by Gasteiger charge is -2.12. The fourth-order valence-electron chi connectivity index (χ4n) is 3.44. The van der Waals surface area contributed by atoms with Crippen LogP contribution in [0.3, 0.4) is 0 Å². The van der Waals surface area contributed by atoms with Crippen LogP contribution in [0.2, 0.25) is 15.1 Å². The van der Waals surface area contributed by atoms with E-state index in [-0.39, 0.29) is 5.91 Å². The van der Waals surface area contributed by atoms with Gasteiger partial charge in [-0.3, -0.25) is 4.79 Å². The van der Waals surface area contributed by atoms with Gasteiger partial charge in [-0.15, -0.1) is 0 Å². The molecule has 0 bridgehead atoms. The van der Waals surface area contributed by atoms with Crippen molar-refractivity contribution in [2.45, 2.75) is 13.8 Å². The zero-order valence-corrected chi connectivity index (χ0v) is 16.9. The van der Waals surface area contributed by atoms with Crippen LogP contribution in [0.1, 0.15) is 22.5 Å². The molecule has 0 spiro atoms. The summed E-state index contributed by atoms with van der Waals surface area (Å²) in [4.78, 5) is 12.5. The molecule has 6 heteroatoms. The molecule has 1 aliphatic heterocycles. The van der Waals surface area contributed by atoms with Crippen LogP contribution in [0.15, 0.2) is 42.5 Å². The number of anilines is 1. The molecule has 0 atom stereocenters. The molecule has 27 heavy (non-hydrogen) atoms. The molecule has 1 N–H and O–H groups in total. The van der Waals surface area contributed by atoms with Crippen molar-refractivity contribution in [2.24, 2.45) is 0 Å². The van der Waals surface area contributed by atoms with E-state index in [1.807, 2.05) is 48.8 Å². The van der Waals surface area contributed by atoms with E-state index in [4.69, 9.17) is 34.8 Å². The number of nitrogens with one attached hydrogen (secondary N) is 1. The highest BCUT2D eigenvalue weighted by Gasteiger charge is 2.25. The molecule has 4 rings (SSSR count). The second kappa shape index (κ2) is 6.75. The van der Waals surface area contributed by atoms with Gasteiger partial charge in [0.2, 0.25) is 0 Å². The Morgan fingerprint density at radius 1 is 1.04 bits per heavy atom. The molecule has 1 aliphatic rings. The summed E-state index contributed by atoms with van der Waals surface area (Å²) >= 11 is 18.6. The molecule has 0 saturated heterocycles. The summed E-state index contributed by atoms with van der Waals surface area (Å²) < 4.78 is 2.04. The summed E-state index contributed by atoms with van der Waals surface area (Å²) in [6.45, 7) is 3.99. The number of fused-ring (bicyclic) bond motifs is 1. The highest BCUT2D eigenvalue weighted by molar-refractivity contribution is 6.43. The fourth-order valence-corrected chi connectivity index (χ4v) is 3.99. The number of amides is 1. The van der Waals surface area contributed by atoms with Crippen molar-refractivity contribution in [3.8, 4) is 5.69 Å². The van der Waals surface area contributed by atoms with E-state index in [9.17, 15) is 4.79 Å². The van der Waals surface area contributed by atoms with Gasteiger partial charge >= 0.3 is 0 Å². The topological polar surface area (TPSA) is 34.0 Å². The van der Waals surface area contributed by atoms with Gasteiger partial charge in [-0.1, -0.05) is 46.9 Å². The minimum atomic E-state index is -0.141. The van der Waals surface area contributed by atoms with Crippen molar-refractivity contribution in [3.63, 3.8) is 0 Å². The number of aromatic nitrogens is 1. The second-order valence-corrected chi connectivity index (χ2v) is 7.66. The summed E-state index contributed by atoms with van der Waals surface area (Å²) in [6.07, 6.45) is 1.90. The van der Waals surface area contributed by atoms with E-state index in [1.165, 1.54) is 0 Å². The first-order chi connectivity index (χ1) is 12.9. The number of carbonyl (C=O) groups is 1. The number of carbonyl (C=O) groups excluding carboxylic acids is 1. The summed E-state index contributed by atoms with van der Waals surface area (Å²) in [6, 6.07) is 13.0. The molecule has 2 aromatic carbocycles. The average molecular weight is 418 g/mol. The lowest BCUT2D eigenvalue weighted by Crippen LogP contribution is -2.03. The molecule has 0 fully saturated rings. The standard InChI is InChI=1S/C21H15Cl3N2O/c1-11-8-13(12(2)26(11)19-5-3-4-17(23)20(19)24)9-16-15-7-6-14(22)10-18(15)25-21(16)27/h3-10H,1-2H3,(H,25,27). The minimum Gasteiger partial charge on any atom is -0.321 e. The van der Waals surface area contributed by atoms with Gasteiger partial charge < -0.3 is 9.88 Å². The first-order valence-corrected chi connectivity index (χ1v) is 9.46. The molecule has 136 valence electrons. The first-order valence-electron chi connectivity index (χ1n) is 8.33. The van der Waals surface area contributed by atoms with Crippen molar-refractivity contribution >= 4 is 58.0 Å². The maximum atomic E-state index is 12.5. The molecule has 0 unspecified atom stereocenters. The van der Waals surface area contributed by atoms with Crippen LogP contribution < -0.4 is 5.32 Å². The van der Waals surface area contributed by atoms with Gasteiger partial charge in [-0.2, -0.15) is 0 Å². The normalized spacial score (nSPS) is 14.6. The van der Waals surface area contributed by atoms with Crippen LogP contribution in [0.4, 0.5) is 5.69 Å². The number of hydrogen-bond acceptors (Lipinski definition) is 1. The van der Waals surface area contributed by atoms with E-state index in [0.717, 1.165) is 33.9 Å². The first kappa shape index (κ1) is 18.2. The van der Waals surface area contributed by atoms with Gasteiger partial charge in [0.25, 0.3) is 5.91 Å². The number of halogens is 3. The summed E-state index contributed by atoms with van der Waals surface area (Å²) in [5.41, 5.74) is 5.90. The number of rotatable bonds is 2. The minimum absolute atomic E-state index is 0.141. The Morgan fingerprint density at radius 2 is 1.81 bits per heavy atom. The van der Waals surface area contributed by atoms with E-state index < -0.39 is 0 Å². The summed E-state index contributed by atoms with van der Waals surface area (Å²) in [7, 11) is 0. The van der Waals surface area contributed by atoms with Crippen LogP contribution in [0.25, 0.3) is 17.3 Å². The van der Waals surface area contributed by atoms with Gasteiger partial charge in [-0.25, -0.2) is 0 Å². The van der Waals surface area contributed by atoms with Gasteiger partial charge in [0.05, 0.1) is 21.4 Å². The molecule has 0 radical (unpaired) electrons. The molecular formula is C21H15Cl3N2O. The maximum absolute atomic E-state index is 12.5. The van der Waals surface area contributed by atoms with Crippen LogP contribution in [0.5, 0.6) is 0 Å². The fraction of sp³-hybridized carbons (Fsp3) is 0.0952. The van der Waals surface area contributed by atoms with E-state index in [0.29, 0.717) is 20.6 Å². The van der Waals surface area contributed by atoms with Gasteiger partial charge in [0.1, 0.15) is 0 Å². The molecule has 2 heterocycles. The van der Waals surface area contributed by atoms with Gasteiger partial charge in [0, 0.05) is 27.5 Å². The van der Waals surface area contributed by atoms with Crippen LogP contribution in [-0.2, 0) is 4.79 Å². The van der Waals surface area contributed by atoms with Crippen molar-refractivity contribution in [1.82, 2.24) is 4.57 Å². The largest absolute Gasteiger partial charge is 0.321 e. The van der Waals surface area contributed by atoms with E-state index in [2.05, 4.69) is 5.32 Å².